The van der Waals surface area contributed by atoms with Crippen molar-refractivity contribution in [1.29, 1.82) is 0 Å². The maximum Gasteiger partial charge on any atom is 0.351 e. The number of rotatable bonds is 7. The van der Waals surface area contributed by atoms with Gasteiger partial charge in [0, 0.05) is 19.7 Å². The van der Waals surface area contributed by atoms with Crippen molar-refractivity contribution in [3.63, 3.8) is 0 Å². The van der Waals surface area contributed by atoms with Gasteiger partial charge in [0.15, 0.2) is 0 Å². The molecular formula is C29H40F2N4O7. The second-order valence-corrected chi connectivity index (χ2v) is 9.02. The van der Waals surface area contributed by atoms with E-state index in [0.717, 1.165) is 35.5 Å². The molecular weight excluding hydrogens is 554 g/mol. The fourth-order valence-electron chi connectivity index (χ4n) is 3.49. The van der Waals surface area contributed by atoms with Crippen LogP contribution in [0.25, 0.3) is 0 Å². The highest BCUT2D eigenvalue weighted by molar-refractivity contribution is 5.75. The van der Waals surface area contributed by atoms with Crippen LogP contribution in [0.2, 0.25) is 0 Å². The van der Waals surface area contributed by atoms with Crippen LogP contribution in [0.4, 0.5) is 14.6 Å². The second kappa shape index (κ2) is 19.2. The Hall–Kier alpha value is -3.94. The van der Waals surface area contributed by atoms with E-state index in [1.807, 2.05) is 12.1 Å². The Morgan fingerprint density at radius 1 is 1.31 bits per heavy atom. The van der Waals surface area contributed by atoms with E-state index in [2.05, 4.69) is 22.5 Å². The van der Waals surface area contributed by atoms with Gasteiger partial charge in [0.2, 0.25) is 6.23 Å². The monoisotopic (exact) mass is 594 g/mol. The first-order valence-corrected chi connectivity index (χ1v) is 13.2. The molecule has 0 bridgehead atoms. The number of carbonyl (C=O) groups excluding carboxylic acids is 2. The third-order valence-electron chi connectivity index (χ3n) is 5.63. The second-order valence-electron chi connectivity index (χ2n) is 9.02. The number of nitrogens with one attached hydrogen (secondary N) is 1. The number of alkyl halides is 2. The molecule has 1 aromatic heterocycles. The first-order valence-electron chi connectivity index (χ1n) is 13.2. The summed E-state index contributed by atoms with van der Waals surface area (Å²) in [6, 6.07) is 9.75. The summed E-state index contributed by atoms with van der Waals surface area (Å²) in [7, 11) is 3.14. The van der Waals surface area contributed by atoms with E-state index in [4.69, 9.17) is 29.8 Å². The summed E-state index contributed by atoms with van der Waals surface area (Å²) >= 11 is 0. The molecule has 3 atom stereocenters. The van der Waals surface area contributed by atoms with Crippen LogP contribution in [0.15, 0.2) is 71.2 Å². The van der Waals surface area contributed by atoms with Gasteiger partial charge in [0.25, 0.3) is 5.92 Å². The van der Waals surface area contributed by atoms with Gasteiger partial charge < -0.3 is 35.2 Å². The van der Waals surface area contributed by atoms with E-state index in [1.165, 1.54) is 20.1 Å². The van der Waals surface area contributed by atoms with Crippen LogP contribution in [0.3, 0.4) is 0 Å². The largest absolute Gasteiger partial charge is 0.508 e. The highest BCUT2D eigenvalue weighted by Crippen LogP contribution is 2.41. The minimum Gasteiger partial charge on any atom is -0.508 e. The fraction of sp³-hybridized carbons (Fsp3) is 0.448. The zero-order valence-electron chi connectivity index (χ0n) is 24.2. The number of nitrogens with two attached hydrogens (primary N) is 1. The molecule has 1 saturated heterocycles. The molecule has 4 N–H and O–H groups in total. The third kappa shape index (κ3) is 13.1. The highest BCUT2D eigenvalue weighted by Gasteiger charge is 2.51. The smallest absolute Gasteiger partial charge is 0.351 e. The maximum atomic E-state index is 13.7. The predicted molar refractivity (Wildman–Crippen MR) is 154 cm³/mol. The summed E-state index contributed by atoms with van der Waals surface area (Å²) in [6.45, 7) is 3.66. The average molecular weight is 595 g/mol. The zero-order chi connectivity index (χ0) is 31.5. The van der Waals surface area contributed by atoms with Crippen LogP contribution in [0.5, 0.6) is 5.75 Å². The van der Waals surface area contributed by atoms with Gasteiger partial charge in [0.05, 0.1) is 12.7 Å². The summed E-state index contributed by atoms with van der Waals surface area (Å²) in [6.07, 6.45) is 7.34. The van der Waals surface area contributed by atoms with E-state index >= 15 is 0 Å². The van der Waals surface area contributed by atoms with Crippen molar-refractivity contribution >= 4 is 18.1 Å². The van der Waals surface area contributed by atoms with E-state index < -0.39 is 30.4 Å². The molecule has 0 radical (unpaired) electrons. The zero-order valence-corrected chi connectivity index (χ0v) is 24.2. The highest BCUT2D eigenvalue weighted by atomic mass is 19.3. The number of para-hydroxylation sites is 1. The lowest BCUT2D eigenvalue weighted by Gasteiger charge is -2.19. The predicted octanol–water partition coefficient (Wildman–Crippen LogP) is 3.41. The minimum atomic E-state index is -3.15. The van der Waals surface area contributed by atoms with Gasteiger partial charge in [-0.25, -0.2) is 13.6 Å². The number of aldehydes is 1. The molecule has 42 heavy (non-hydrogen) atoms. The van der Waals surface area contributed by atoms with Gasteiger partial charge in [-0.2, -0.15) is 4.98 Å². The maximum absolute atomic E-state index is 13.7. The van der Waals surface area contributed by atoms with E-state index in [1.54, 1.807) is 38.2 Å². The standard InChI is InChI=1S/C11H17NO2.C10H13F2N3O3.C6H6O.C2H4O/c1-9(12-2)11(13)14-8-10-6-4-3-5-7-10;1-17-5-6-4-10(11,12)8(18-6)15-3-2-7(13)14-9(15)16;7-6-4-2-1-3-5-6;1-2-3/h4,6-7,9,12H,3,5,8H2,1-2H3;2-3,6,8H,4-5H2,1H3,(H2,13,14,16);1-5,7H;2H,1H3. The van der Waals surface area contributed by atoms with Crippen molar-refractivity contribution < 1.29 is 37.7 Å². The van der Waals surface area contributed by atoms with Crippen molar-refractivity contribution in [2.75, 3.05) is 33.1 Å². The molecule has 1 fully saturated rings. The number of phenols is 1. The first kappa shape index (κ1) is 36.1. The SMILES string of the molecule is CC=O.CNC(C)C(=O)OCC1=CCCC=C1.COCC1CC(F)(F)C(n2ccc(N)nc2=O)O1.Oc1ccccc1. The van der Waals surface area contributed by atoms with Crippen molar-refractivity contribution in [3.05, 3.63) is 76.9 Å². The molecule has 2 aliphatic rings. The lowest BCUT2D eigenvalue weighted by atomic mass is 10.1. The van der Waals surface area contributed by atoms with Crippen molar-refractivity contribution in [1.82, 2.24) is 14.9 Å². The number of esters is 1. The number of aromatic nitrogens is 2. The number of carbonyl (C=O) groups is 2. The number of benzene rings is 1. The molecule has 4 rings (SSSR count). The average Bonchev–Trinajstić information content (AvgIpc) is 3.26. The lowest BCUT2D eigenvalue weighted by Crippen LogP contribution is -2.35. The molecule has 1 aliphatic carbocycles. The number of allylic oxidation sites excluding steroid dienone is 2. The summed E-state index contributed by atoms with van der Waals surface area (Å²) < 4.78 is 43.3. The van der Waals surface area contributed by atoms with Crippen molar-refractivity contribution in [2.24, 2.45) is 0 Å². The number of hydrogen-bond acceptors (Lipinski definition) is 10. The number of nitrogens with zero attached hydrogens (tertiary/aromatic N) is 2. The summed E-state index contributed by atoms with van der Waals surface area (Å²) in [4.78, 5) is 35.0. The normalized spacial score (nSPS) is 18.9. The van der Waals surface area contributed by atoms with Crippen LogP contribution in [-0.2, 0) is 23.8 Å². The van der Waals surface area contributed by atoms with Crippen LogP contribution in [0, 0.1) is 0 Å². The summed E-state index contributed by atoms with van der Waals surface area (Å²) in [5, 5.41) is 11.5. The Labute approximate surface area is 244 Å². The van der Waals surface area contributed by atoms with E-state index in [0.29, 0.717) is 12.4 Å². The Kier molecular flexibility index (Phi) is 16.5. The Morgan fingerprint density at radius 2 is 1.98 bits per heavy atom. The molecule has 11 nitrogen and oxygen atoms in total. The molecule has 232 valence electrons. The molecule has 0 amide bonds. The summed E-state index contributed by atoms with van der Waals surface area (Å²) in [5.74, 6) is -3.05. The Morgan fingerprint density at radius 3 is 2.48 bits per heavy atom. The number of phenolic OH excluding ortho intramolecular Hbond substituents is 1. The number of aromatic hydroxyl groups is 1. The first-order chi connectivity index (χ1) is 20.0. The number of halogens is 2. The van der Waals surface area contributed by atoms with Crippen molar-refractivity contribution in [3.8, 4) is 5.75 Å². The van der Waals surface area contributed by atoms with E-state index in [-0.39, 0.29) is 24.4 Å². The molecule has 0 spiro atoms. The van der Waals surface area contributed by atoms with Gasteiger partial charge in [-0.05, 0) is 57.5 Å². The number of methoxy groups -OCH3 is 1. The Balaban J connectivity index is 0.000000324. The number of likely N-dealkylation sites (N-methyl/N-ethyl adjacent to an activating group) is 1. The van der Waals surface area contributed by atoms with Gasteiger partial charge in [-0.3, -0.25) is 9.36 Å². The van der Waals surface area contributed by atoms with Crippen LogP contribution in [-0.4, -0.2) is 72.4 Å². The number of ether oxygens (including phenoxy) is 3. The van der Waals surface area contributed by atoms with Crippen molar-refractivity contribution in [2.45, 2.75) is 57.4 Å². The molecule has 3 unspecified atom stereocenters. The van der Waals surface area contributed by atoms with Crippen LogP contribution >= 0.6 is 0 Å². The minimum absolute atomic E-state index is 0.0222. The lowest BCUT2D eigenvalue weighted by molar-refractivity contribution is -0.144. The van der Waals surface area contributed by atoms with Crippen LogP contribution in [0.1, 0.15) is 39.3 Å². The quantitative estimate of drug-likeness (QED) is 0.321. The number of hydrogen-bond donors (Lipinski definition) is 3. The van der Waals surface area contributed by atoms with Gasteiger partial charge >= 0.3 is 11.7 Å². The molecule has 0 saturated carbocycles. The fourth-order valence-corrected chi connectivity index (χ4v) is 3.49. The summed E-state index contributed by atoms with van der Waals surface area (Å²) in [5.41, 5.74) is 5.52. The van der Waals surface area contributed by atoms with Gasteiger partial charge in [0.1, 0.15) is 30.5 Å². The van der Waals surface area contributed by atoms with Gasteiger partial charge in [-0.1, -0.05) is 36.4 Å². The molecule has 2 aromatic rings. The topological polar surface area (TPSA) is 155 Å². The third-order valence-corrected chi connectivity index (χ3v) is 5.63. The number of nitrogen functional groups attached to an aromatic ring is 1. The van der Waals surface area contributed by atoms with Gasteiger partial charge in [-0.15, -0.1) is 0 Å². The number of anilines is 1. The molecule has 1 aliphatic heterocycles. The molecule has 1 aromatic carbocycles. The molecule has 13 heteroatoms. The Bertz CT molecular complexity index is 1210. The van der Waals surface area contributed by atoms with Crippen LogP contribution < -0.4 is 16.7 Å². The molecule has 2 heterocycles. The van der Waals surface area contributed by atoms with E-state index in [9.17, 15) is 18.4 Å².